The molecule has 0 saturated heterocycles. The predicted octanol–water partition coefficient (Wildman–Crippen LogP) is 0.677. The minimum Gasteiger partial charge on any atom is -0.351 e. The molecular weight excluding hydrogens is 152 g/mol. The number of hydrogen-bond donors (Lipinski definition) is 2. The van der Waals surface area contributed by atoms with E-state index in [1.807, 2.05) is 20.8 Å². The van der Waals surface area contributed by atoms with Crippen molar-refractivity contribution in [3.05, 3.63) is 12.2 Å². The largest absolute Gasteiger partial charge is 0.351 e. The molecule has 0 saturated carbocycles. The van der Waals surface area contributed by atoms with Crippen LogP contribution < -0.4 is 10.6 Å². The fraction of sp³-hybridized carbons (Fsp3) is 0.667. The Labute approximate surface area is 74.2 Å². The number of amides is 1. The van der Waals surface area contributed by atoms with Gasteiger partial charge in [-0.25, -0.2) is 0 Å². The summed E-state index contributed by atoms with van der Waals surface area (Å²) in [6, 6.07) is 0.348. The Hall–Kier alpha value is -0.830. The molecule has 0 fully saturated rings. The SMILES string of the molecule is C=C(C)CNC(=O)CNC(C)C. The lowest BCUT2D eigenvalue weighted by molar-refractivity contribution is -0.120. The average molecular weight is 170 g/mol. The van der Waals surface area contributed by atoms with E-state index in [9.17, 15) is 4.79 Å². The highest BCUT2D eigenvalue weighted by molar-refractivity contribution is 5.78. The zero-order chi connectivity index (χ0) is 9.56. The Morgan fingerprint density at radius 3 is 2.42 bits per heavy atom. The highest BCUT2D eigenvalue weighted by Crippen LogP contribution is 1.81. The van der Waals surface area contributed by atoms with E-state index >= 15 is 0 Å². The van der Waals surface area contributed by atoms with Crippen molar-refractivity contribution in [3.63, 3.8) is 0 Å². The molecule has 70 valence electrons. The Bertz CT molecular complexity index is 164. The molecule has 3 heteroatoms. The lowest BCUT2D eigenvalue weighted by atomic mass is 10.3. The maximum absolute atomic E-state index is 11.0. The van der Waals surface area contributed by atoms with Gasteiger partial charge in [0.2, 0.25) is 5.91 Å². The minimum atomic E-state index is 0.0201. The number of rotatable bonds is 5. The van der Waals surface area contributed by atoms with E-state index in [4.69, 9.17) is 0 Å². The van der Waals surface area contributed by atoms with Crippen LogP contribution >= 0.6 is 0 Å². The molecule has 1 amide bonds. The topological polar surface area (TPSA) is 41.1 Å². The van der Waals surface area contributed by atoms with E-state index in [1.54, 1.807) is 0 Å². The van der Waals surface area contributed by atoms with Crippen LogP contribution in [0.4, 0.5) is 0 Å². The maximum Gasteiger partial charge on any atom is 0.234 e. The minimum absolute atomic E-state index is 0.0201. The van der Waals surface area contributed by atoms with E-state index < -0.39 is 0 Å². The van der Waals surface area contributed by atoms with Gasteiger partial charge < -0.3 is 10.6 Å². The lowest BCUT2D eigenvalue weighted by Gasteiger charge is -2.08. The zero-order valence-electron chi connectivity index (χ0n) is 8.11. The third-order valence-electron chi connectivity index (χ3n) is 1.26. The van der Waals surface area contributed by atoms with Gasteiger partial charge in [-0.05, 0) is 6.92 Å². The summed E-state index contributed by atoms with van der Waals surface area (Å²) in [6.45, 7) is 10.5. The molecule has 0 radical (unpaired) electrons. The fourth-order valence-electron chi connectivity index (χ4n) is 0.609. The van der Waals surface area contributed by atoms with E-state index in [2.05, 4.69) is 17.2 Å². The molecule has 0 aromatic rings. The second-order valence-electron chi connectivity index (χ2n) is 3.27. The summed E-state index contributed by atoms with van der Waals surface area (Å²) >= 11 is 0. The van der Waals surface area contributed by atoms with E-state index in [0.29, 0.717) is 19.1 Å². The van der Waals surface area contributed by atoms with Gasteiger partial charge >= 0.3 is 0 Å². The fourth-order valence-corrected chi connectivity index (χ4v) is 0.609. The molecule has 0 heterocycles. The van der Waals surface area contributed by atoms with Crippen molar-refractivity contribution >= 4 is 5.91 Å². The predicted molar refractivity (Wildman–Crippen MR) is 51.0 cm³/mol. The summed E-state index contributed by atoms with van der Waals surface area (Å²) < 4.78 is 0. The van der Waals surface area contributed by atoms with Gasteiger partial charge in [0.05, 0.1) is 6.54 Å². The molecule has 0 aliphatic heterocycles. The quantitative estimate of drug-likeness (QED) is 0.596. The van der Waals surface area contributed by atoms with Crippen LogP contribution in [0, 0.1) is 0 Å². The van der Waals surface area contributed by atoms with Crippen molar-refractivity contribution in [2.45, 2.75) is 26.8 Å². The van der Waals surface area contributed by atoms with Crippen LogP contribution in [0.3, 0.4) is 0 Å². The molecule has 0 spiro atoms. The van der Waals surface area contributed by atoms with Crippen molar-refractivity contribution in [2.75, 3.05) is 13.1 Å². The number of carbonyl (C=O) groups is 1. The number of carbonyl (C=O) groups excluding carboxylic acids is 1. The van der Waals surface area contributed by atoms with Gasteiger partial charge in [0.1, 0.15) is 0 Å². The Balaban J connectivity index is 3.40. The molecular formula is C9H18N2O. The number of nitrogens with one attached hydrogen (secondary N) is 2. The molecule has 0 rings (SSSR count). The summed E-state index contributed by atoms with van der Waals surface area (Å²) in [5.41, 5.74) is 0.966. The van der Waals surface area contributed by atoms with Crippen molar-refractivity contribution in [1.29, 1.82) is 0 Å². The van der Waals surface area contributed by atoms with E-state index in [-0.39, 0.29) is 5.91 Å². The van der Waals surface area contributed by atoms with E-state index in [0.717, 1.165) is 5.57 Å². The first-order valence-corrected chi connectivity index (χ1v) is 4.17. The van der Waals surface area contributed by atoms with Gasteiger partial charge in [-0.15, -0.1) is 0 Å². The van der Waals surface area contributed by atoms with Crippen LogP contribution in [0.25, 0.3) is 0 Å². The van der Waals surface area contributed by atoms with Gasteiger partial charge in [0.25, 0.3) is 0 Å². The second-order valence-corrected chi connectivity index (χ2v) is 3.27. The molecule has 12 heavy (non-hydrogen) atoms. The van der Waals surface area contributed by atoms with Gasteiger partial charge in [-0.3, -0.25) is 4.79 Å². The van der Waals surface area contributed by atoms with Crippen LogP contribution in [0.15, 0.2) is 12.2 Å². The lowest BCUT2D eigenvalue weighted by Crippen LogP contribution is -2.37. The summed E-state index contributed by atoms with van der Waals surface area (Å²) in [5, 5.41) is 5.76. The van der Waals surface area contributed by atoms with Crippen molar-refractivity contribution in [1.82, 2.24) is 10.6 Å². The molecule has 0 aliphatic rings. The highest BCUT2D eigenvalue weighted by atomic mass is 16.1. The van der Waals surface area contributed by atoms with Gasteiger partial charge in [0, 0.05) is 12.6 Å². The van der Waals surface area contributed by atoms with Crippen LogP contribution in [0.5, 0.6) is 0 Å². The molecule has 0 aromatic carbocycles. The molecule has 0 aromatic heterocycles. The summed E-state index contributed by atoms with van der Waals surface area (Å²) in [7, 11) is 0. The van der Waals surface area contributed by atoms with Crippen molar-refractivity contribution < 1.29 is 4.79 Å². The summed E-state index contributed by atoms with van der Waals surface area (Å²) in [4.78, 5) is 11.0. The Kier molecular flexibility index (Phi) is 5.37. The highest BCUT2D eigenvalue weighted by Gasteiger charge is 2.00. The first kappa shape index (κ1) is 11.2. The monoisotopic (exact) mass is 170 g/mol. The second kappa shape index (κ2) is 5.77. The van der Waals surface area contributed by atoms with Gasteiger partial charge in [-0.2, -0.15) is 0 Å². The van der Waals surface area contributed by atoms with E-state index in [1.165, 1.54) is 0 Å². The maximum atomic E-state index is 11.0. The number of hydrogen-bond acceptors (Lipinski definition) is 2. The van der Waals surface area contributed by atoms with Gasteiger partial charge in [0.15, 0.2) is 0 Å². The van der Waals surface area contributed by atoms with Crippen LogP contribution in [0.2, 0.25) is 0 Å². The van der Waals surface area contributed by atoms with Crippen LogP contribution in [0.1, 0.15) is 20.8 Å². The molecule has 0 aliphatic carbocycles. The third kappa shape index (κ3) is 7.28. The van der Waals surface area contributed by atoms with Crippen LogP contribution in [-0.4, -0.2) is 25.0 Å². The first-order valence-electron chi connectivity index (χ1n) is 4.17. The third-order valence-corrected chi connectivity index (χ3v) is 1.26. The summed E-state index contributed by atoms with van der Waals surface area (Å²) in [6.07, 6.45) is 0. The smallest absolute Gasteiger partial charge is 0.234 e. The molecule has 3 nitrogen and oxygen atoms in total. The molecule has 0 bridgehead atoms. The molecule has 0 unspecified atom stereocenters. The van der Waals surface area contributed by atoms with Crippen LogP contribution in [-0.2, 0) is 4.79 Å². The normalized spacial score (nSPS) is 10.0. The Morgan fingerprint density at radius 2 is 2.00 bits per heavy atom. The average Bonchev–Trinajstić information content (AvgIpc) is 1.96. The molecule has 0 atom stereocenters. The summed E-state index contributed by atoms with van der Waals surface area (Å²) in [5.74, 6) is 0.0201. The van der Waals surface area contributed by atoms with Gasteiger partial charge in [-0.1, -0.05) is 26.0 Å². The zero-order valence-corrected chi connectivity index (χ0v) is 8.11. The first-order chi connectivity index (χ1) is 5.52. The molecule has 2 N–H and O–H groups in total. The standard InChI is InChI=1S/C9H18N2O/c1-7(2)5-11-9(12)6-10-8(3)4/h8,10H,1,5-6H2,2-4H3,(H,11,12). The van der Waals surface area contributed by atoms with Crippen molar-refractivity contribution in [3.8, 4) is 0 Å². The van der Waals surface area contributed by atoms with Crippen molar-refractivity contribution in [2.24, 2.45) is 0 Å². The Morgan fingerprint density at radius 1 is 1.42 bits per heavy atom.